The maximum absolute atomic E-state index is 11.8. The lowest BCUT2D eigenvalue weighted by molar-refractivity contribution is -0.118. The second-order valence-corrected chi connectivity index (χ2v) is 6.74. The van der Waals surface area contributed by atoms with Gasteiger partial charge < -0.3 is 0 Å². The minimum atomic E-state index is -0.136. The summed E-state index contributed by atoms with van der Waals surface area (Å²) in [5, 5.41) is 4.73. The first-order valence-corrected chi connectivity index (χ1v) is 8.61. The van der Waals surface area contributed by atoms with Crippen LogP contribution in [0.5, 0.6) is 0 Å². The molecule has 0 atom stereocenters. The van der Waals surface area contributed by atoms with Gasteiger partial charge in [-0.15, -0.1) is 11.8 Å². The molecule has 0 unspecified atom stereocenters. The van der Waals surface area contributed by atoms with Crippen molar-refractivity contribution in [3.63, 3.8) is 0 Å². The quantitative estimate of drug-likeness (QED) is 0.491. The highest BCUT2D eigenvalue weighted by atomic mass is 35.5. The van der Waals surface area contributed by atoms with Gasteiger partial charge in [0.25, 0.3) is 0 Å². The van der Waals surface area contributed by atoms with E-state index in [1.54, 1.807) is 6.21 Å². The zero-order valence-corrected chi connectivity index (χ0v) is 15.0. The molecule has 0 aliphatic heterocycles. The molecule has 23 heavy (non-hydrogen) atoms. The number of hydrogen-bond acceptors (Lipinski definition) is 3. The Hall–Kier alpha value is -1.78. The first kappa shape index (κ1) is 17.6. The molecule has 5 heteroatoms. The van der Waals surface area contributed by atoms with E-state index in [4.69, 9.17) is 11.6 Å². The number of carbonyl (C=O) groups excluding carboxylic acids is 1. The van der Waals surface area contributed by atoms with Crippen LogP contribution in [0.2, 0.25) is 5.02 Å². The van der Waals surface area contributed by atoms with Crippen LogP contribution in [0.1, 0.15) is 22.3 Å². The number of hydrazone groups is 1. The van der Waals surface area contributed by atoms with Gasteiger partial charge in [-0.1, -0.05) is 23.7 Å². The van der Waals surface area contributed by atoms with Crippen LogP contribution in [-0.4, -0.2) is 17.9 Å². The molecule has 2 aromatic rings. The van der Waals surface area contributed by atoms with Crippen LogP contribution in [0.25, 0.3) is 0 Å². The van der Waals surface area contributed by atoms with Crippen LogP contribution < -0.4 is 5.43 Å². The van der Waals surface area contributed by atoms with E-state index in [1.165, 1.54) is 28.5 Å². The van der Waals surface area contributed by atoms with Crippen molar-refractivity contribution in [2.24, 2.45) is 5.10 Å². The summed E-state index contributed by atoms with van der Waals surface area (Å²) in [6, 6.07) is 11.5. The zero-order valence-electron chi connectivity index (χ0n) is 13.4. The zero-order chi connectivity index (χ0) is 16.8. The van der Waals surface area contributed by atoms with E-state index in [-0.39, 0.29) is 5.91 Å². The number of aryl methyl sites for hydroxylation is 1. The average molecular weight is 347 g/mol. The van der Waals surface area contributed by atoms with Crippen molar-refractivity contribution in [3.8, 4) is 0 Å². The van der Waals surface area contributed by atoms with Gasteiger partial charge in [0, 0.05) is 9.92 Å². The molecule has 0 spiro atoms. The number of rotatable bonds is 5. The van der Waals surface area contributed by atoms with Gasteiger partial charge in [-0.2, -0.15) is 5.10 Å². The highest BCUT2D eigenvalue weighted by Gasteiger charge is 2.03. The number of hydrogen-bond donors (Lipinski definition) is 1. The standard InChI is InChI=1S/C18H19ClN2OS/c1-12-4-5-15(14(3)13(12)2)10-20-21-18(22)11-23-17-8-6-16(19)7-9-17/h4-10H,11H2,1-3H3,(H,21,22)/b20-10+. The van der Waals surface area contributed by atoms with Gasteiger partial charge in [0.1, 0.15) is 0 Å². The largest absolute Gasteiger partial charge is 0.272 e. The van der Waals surface area contributed by atoms with E-state index in [0.29, 0.717) is 10.8 Å². The van der Waals surface area contributed by atoms with Crippen molar-refractivity contribution in [2.75, 3.05) is 5.75 Å². The molecular formula is C18H19ClN2OS. The average Bonchev–Trinajstić information content (AvgIpc) is 2.54. The Balaban J connectivity index is 1.86. The molecule has 0 fully saturated rings. The number of amides is 1. The lowest BCUT2D eigenvalue weighted by Crippen LogP contribution is -2.19. The molecule has 0 radical (unpaired) electrons. The summed E-state index contributed by atoms with van der Waals surface area (Å²) >= 11 is 7.27. The van der Waals surface area contributed by atoms with Crippen LogP contribution in [0.3, 0.4) is 0 Å². The Morgan fingerprint density at radius 1 is 1.13 bits per heavy atom. The second kappa shape index (κ2) is 8.18. The van der Waals surface area contributed by atoms with Gasteiger partial charge in [-0.05, 0) is 67.3 Å². The summed E-state index contributed by atoms with van der Waals surface area (Å²) in [6.07, 6.45) is 1.69. The highest BCUT2D eigenvalue weighted by Crippen LogP contribution is 2.20. The van der Waals surface area contributed by atoms with Crippen molar-refractivity contribution < 1.29 is 4.79 Å². The second-order valence-electron chi connectivity index (χ2n) is 5.26. The lowest BCUT2D eigenvalue weighted by atomic mass is 10.00. The number of halogens is 1. The summed E-state index contributed by atoms with van der Waals surface area (Å²) in [5.74, 6) is 0.174. The van der Waals surface area contributed by atoms with Gasteiger partial charge >= 0.3 is 0 Å². The summed E-state index contributed by atoms with van der Waals surface area (Å²) in [6.45, 7) is 6.23. The Bertz CT molecular complexity index is 727. The third-order valence-electron chi connectivity index (χ3n) is 3.68. The van der Waals surface area contributed by atoms with Crippen LogP contribution >= 0.6 is 23.4 Å². The smallest absolute Gasteiger partial charge is 0.250 e. The van der Waals surface area contributed by atoms with Crippen LogP contribution in [-0.2, 0) is 4.79 Å². The molecule has 0 saturated heterocycles. The van der Waals surface area contributed by atoms with Crippen molar-refractivity contribution in [1.82, 2.24) is 5.43 Å². The Morgan fingerprint density at radius 2 is 1.83 bits per heavy atom. The summed E-state index contributed by atoms with van der Waals surface area (Å²) in [5.41, 5.74) is 7.25. The molecule has 1 N–H and O–H groups in total. The number of carbonyl (C=O) groups is 1. The normalized spacial score (nSPS) is 11.0. The van der Waals surface area contributed by atoms with E-state index in [1.807, 2.05) is 30.3 Å². The van der Waals surface area contributed by atoms with Crippen LogP contribution in [0.15, 0.2) is 46.4 Å². The van der Waals surface area contributed by atoms with Gasteiger partial charge in [-0.3, -0.25) is 4.79 Å². The minimum absolute atomic E-state index is 0.136. The maximum atomic E-state index is 11.8. The van der Waals surface area contributed by atoms with E-state index in [2.05, 4.69) is 37.4 Å². The Labute approximate surface area is 146 Å². The van der Waals surface area contributed by atoms with Gasteiger partial charge in [0.15, 0.2) is 0 Å². The number of nitrogens with zero attached hydrogens (tertiary/aromatic N) is 1. The fraction of sp³-hybridized carbons (Fsp3) is 0.222. The monoisotopic (exact) mass is 346 g/mol. The predicted octanol–water partition coefficient (Wildman–Crippen LogP) is 4.51. The minimum Gasteiger partial charge on any atom is -0.272 e. The first-order valence-electron chi connectivity index (χ1n) is 7.24. The fourth-order valence-electron chi connectivity index (χ4n) is 2.00. The lowest BCUT2D eigenvalue weighted by Gasteiger charge is -2.07. The molecule has 3 nitrogen and oxygen atoms in total. The van der Waals surface area contributed by atoms with E-state index in [9.17, 15) is 4.79 Å². The van der Waals surface area contributed by atoms with E-state index >= 15 is 0 Å². The third kappa shape index (κ3) is 5.12. The molecule has 2 aromatic carbocycles. The molecule has 120 valence electrons. The van der Waals surface area contributed by atoms with Crippen LogP contribution in [0, 0.1) is 20.8 Å². The first-order chi connectivity index (χ1) is 11.0. The van der Waals surface area contributed by atoms with Gasteiger partial charge in [-0.25, -0.2) is 5.43 Å². The summed E-state index contributed by atoms with van der Waals surface area (Å²) in [4.78, 5) is 12.8. The van der Waals surface area contributed by atoms with Crippen molar-refractivity contribution in [3.05, 3.63) is 63.7 Å². The van der Waals surface area contributed by atoms with Crippen LogP contribution in [0.4, 0.5) is 0 Å². The molecule has 1 amide bonds. The topological polar surface area (TPSA) is 41.5 Å². The molecule has 0 aliphatic carbocycles. The van der Waals surface area contributed by atoms with Crippen molar-refractivity contribution >= 4 is 35.5 Å². The molecule has 0 heterocycles. The number of thioether (sulfide) groups is 1. The molecule has 0 aromatic heterocycles. The van der Waals surface area contributed by atoms with E-state index in [0.717, 1.165) is 10.5 Å². The highest BCUT2D eigenvalue weighted by molar-refractivity contribution is 8.00. The molecule has 0 saturated carbocycles. The third-order valence-corrected chi connectivity index (χ3v) is 4.94. The van der Waals surface area contributed by atoms with E-state index < -0.39 is 0 Å². The molecular weight excluding hydrogens is 328 g/mol. The fourth-order valence-corrected chi connectivity index (χ4v) is 2.82. The summed E-state index contributed by atoms with van der Waals surface area (Å²) in [7, 11) is 0. The maximum Gasteiger partial charge on any atom is 0.250 e. The number of nitrogens with one attached hydrogen (secondary N) is 1. The predicted molar refractivity (Wildman–Crippen MR) is 98.6 cm³/mol. The summed E-state index contributed by atoms with van der Waals surface area (Å²) < 4.78 is 0. The molecule has 0 bridgehead atoms. The molecule has 0 aliphatic rings. The molecule has 2 rings (SSSR count). The Kier molecular flexibility index (Phi) is 6.25. The SMILES string of the molecule is Cc1ccc(/C=N/NC(=O)CSc2ccc(Cl)cc2)c(C)c1C. The van der Waals surface area contributed by atoms with Crippen molar-refractivity contribution in [2.45, 2.75) is 25.7 Å². The Morgan fingerprint density at radius 3 is 2.52 bits per heavy atom. The van der Waals surface area contributed by atoms with Gasteiger partial charge in [0.2, 0.25) is 5.91 Å². The van der Waals surface area contributed by atoms with Crippen molar-refractivity contribution in [1.29, 1.82) is 0 Å². The number of benzene rings is 2. The van der Waals surface area contributed by atoms with Gasteiger partial charge in [0.05, 0.1) is 12.0 Å².